The highest BCUT2D eigenvalue weighted by atomic mass is 16.4. The summed E-state index contributed by atoms with van der Waals surface area (Å²) >= 11 is 0. The Morgan fingerprint density at radius 2 is 1.87 bits per heavy atom. The number of fused-ring (bicyclic) bond motifs is 1. The lowest BCUT2D eigenvalue weighted by Crippen LogP contribution is -2.00. The minimum atomic E-state index is -0.859. The zero-order chi connectivity index (χ0) is 11.0. The Morgan fingerprint density at radius 3 is 2.53 bits per heavy atom. The molecule has 0 fully saturated rings. The summed E-state index contributed by atoms with van der Waals surface area (Å²) in [4.78, 5) is 11.1. The normalized spacial score (nSPS) is 10.5. The van der Waals surface area contributed by atoms with Crippen LogP contribution < -0.4 is 0 Å². The molecule has 15 heavy (non-hydrogen) atoms. The molecule has 2 heteroatoms. The molecule has 2 nitrogen and oxygen atoms in total. The van der Waals surface area contributed by atoms with Crippen molar-refractivity contribution in [3.05, 3.63) is 47.0 Å². The van der Waals surface area contributed by atoms with E-state index in [2.05, 4.69) is 0 Å². The van der Waals surface area contributed by atoms with Crippen LogP contribution >= 0.6 is 0 Å². The lowest BCUT2D eigenvalue weighted by molar-refractivity contribution is 0.0698. The first-order chi connectivity index (χ1) is 7.09. The smallest absolute Gasteiger partial charge is 0.336 e. The average Bonchev–Trinajstić information content (AvgIpc) is 2.17. The molecule has 0 spiro atoms. The first-order valence-electron chi connectivity index (χ1n) is 4.83. The van der Waals surface area contributed by atoms with Gasteiger partial charge in [-0.2, -0.15) is 0 Å². The molecule has 2 aromatic carbocycles. The Balaban J connectivity index is 2.88. The summed E-state index contributed by atoms with van der Waals surface area (Å²) in [5, 5.41) is 10.9. The summed E-state index contributed by atoms with van der Waals surface area (Å²) in [7, 11) is 0. The van der Waals surface area contributed by atoms with Gasteiger partial charge in [0.25, 0.3) is 0 Å². The van der Waals surface area contributed by atoms with E-state index in [1.165, 1.54) is 0 Å². The standard InChI is InChI=1S/C13H12O2/c1-8-3-6-11-10(7-8)5-4-9(2)12(11)13(14)15/h3-7H,1-2H3,(H,14,15). The number of rotatable bonds is 1. The fourth-order valence-corrected chi connectivity index (χ4v) is 1.84. The first kappa shape index (κ1) is 9.71. The molecule has 0 amide bonds. The zero-order valence-electron chi connectivity index (χ0n) is 8.74. The average molecular weight is 200 g/mol. The lowest BCUT2D eigenvalue weighted by Gasteiger charge is -2.06. The lowest BCUT2D eigenvalue weighted by atomic mass is 9.98. The number of aromatic carboxylic acids is 1. The van der Waals surface area contributed by atoms with Gasteiger partial charge in [0.1, 0.15) is 0 Å². The van der Waals surface area contributed by atoms with Crippen molar-refractivity contribution in [3.8, 4) is 0 Å². The molecule has 0 aliphatic carbocycles. The van der Waals surface area contributed by atoms with Gasteiger partial charge >= 0.3 is 5.97 Å². The van der Waals surface area contributed by atoms with Gasteiger partial charge in [-0.1, -0.05) is 35.9 Å². The van der Waals surface area contributed by atoms with E-state index in [1.807, 2.05) is 44.2 Å². The van der Waals surface area contributed by atoms with Crippen molar-refractivity contribution < 1.29 is 9.90 Å². The molecule has 0 unspecified atom stereocenters. The molecule has 0 bridgehead atoms. The van der Waals surface area contributed by atoms with Gasteiger partial charge in [-0.25, -0.2) is 4.79 Å². The van der Waals surface area contributed by atoms with Crippen LogP contribution in [0.3, 0.4) is 0 Å². The molecular weight excluding hydrogens is 188 g/mol. The number of benzene rings is 2. The van der Waals surface area contributed by atoms with Gasteiger partial charge in [-0.3, -0.25) is 0 Å². The van der Waals surface area contributed by atoms with E-state index in [9.17, 15) is 4.79 Å². The Hall–Kier alpha value is -1.83. The highest BCUT2D eigenvalue weighted by Crippen LogP contribution is 2.23. The van der Waals surface area contributed by atoms with Crippen LogP contribution in [0.25, 0.3) is 10.8 Å². The Kier molecular flexibility index (Phi) is 2.19. The predicted molar refractivity (Wildman–Crippen MR) is 60.4 cm³/mol. The first-order valence-corrected chi connectivity index (χ1v) is 4.83. The van der Waals surface area contributed by atoms with Crippen molar-refractivity contribution in [1.82, 2.24) is 0 Å². The molecule has 2 aromatic rings. The van der Waals surface area contributed by atoms with Crippen LogP contribution in [0, 0.1) is 13.8 Å². The maximum Gasteiger partial charge on any atom is 0.336 e. The summed E-state index contributed by atoms with van der Waals surface area (Å²) in [6.45, 7) is 3.82. The maximum atomic E-state index is 11.1. The fourth-order valence-electron chi connectivity index (χ4n) is 1.84. The third kappa shape index (κ3) is 1.59. The third-order valence-electron chi connectivity index (χ3n) is 2.60. The molecule has 0 heterocycles. The van der Waals surface area contributed by atoms with Crippen LogP contribution in [-0.2, 0) is 0 Å². The molecule has 0 saturated carbocycles. The van der Waals surface area contributed by atoms with Crippen LogP contribution in [0.1, 0.15) is 21.5 Å². The van der Waals surface area contributed by atoms with Crippen LogP contribution in [0.15, 0.2) is 30.3 Å². The Morgan fingerprint density at radius 1 is 1.13 bits per heavy atom. The molecule has 1 N–H and O–H groups in total. The van der Waals surface area contributed by atoms with Gasteiger partial charge in [0.2, 0.25) is 0 Å². The van der Waals surface area contributed by atoms with Crippen LogP contribution in [0.2, 0.25) is 0 Å². The van der Waals surface area contributed by atoms with Gasteiger partial charge in [0, 0.05) is 0 Å². The zero-order valence-corrected chi connectivity index (χ0v) is 8.74. The summed E-state index contributed by atoms with van der Waals surface area (Å²) in [5.74, 6) is -0.859. The summed E-state index contributed by atoms with van der Waals surface area (Å²) in [6, 6.07) is 9.63. The number of hydrogen-bond donors (Lipinski definition) is 1. The van der Waals surface area contributed by atoms with Crippen molar-refractivity contribution in [2.75, 3.05) is 0 Å². The second-order valence-electron chi connectivity index (χ2n) is 3.79. The molecule has 0 radical (unpaired) electrons. The van der Waals surface area contributed by atoms with E-state index < -0.39 is 5.97 Å². The monoisotopic (exact) mass is 200 g/mol. The molecule has 0 aliphatic heterocycles. The Bertz CT molecular complexity index is 541. The van der Waals surface area contributed by atoms with E-state index in [-0.39, 0.29) is 0 Å². The number of aryl methyl sites for hydroxylation is 2. The van der Waals surface area contributed by atoms with Crippen LogP contribution in [0.5, 0.6) is 0 Å². The second-order valence-corrected chi connectivity index (χ2v) is 3.79. The van der Waals surface area contributed by atoms with Crippen molar-refractivity contribution in [2.45, 2.75) is 13.8 Å². The Labute approximate surface area is 88.2 Å². The van der Waals surface area contributed by atoms with Crippen molar-refractivity contribution in [2.24, 2.45) is 0 Å². The van der Waals surface area contributed by atoms with Gasteiger partial charge in [-0.05, 0) is 30.2 Å². The summed E-state index contributed by atoms with van der Waals surface area (Å²) in [6.07, 6.45) is 0. The maximum absolute atomic E-state index is 11.1. The fraction of sp³-hybridized carbons (Fsp3) is 0.154. The van der Waals surface area contributed by atoms with Gasteiger partial charge in [0.15, 0.2) is 0 Å². The van der Waals surface area contributed by atoms with Gasteiger partial charge in [0.05, 0.1) is 5.56 Å². The molecule has 76 valence electrons. The third-order valence-corrected chi connectivity index (χ3v) is 2.60. The summed E-state index contributed by atoms with van der Waals surface area (Å²) < 4.78 is 0. The minimum absolute atomic E-state index is 0.410. The number of carboxylic acids is 1. The van der Waals surface area contributed by atoms with E-state index >= 15 is 0 Å². The highest BCUT2D eigenvalue weighted by Gasteiger charge is 2.11. The van der Waals surface area contributed by atoms with E-state index in [0.717, 1.165) is 21.9 Å². The van der Waals surface area contributed by atoms with E-state index in [0.29, 0.717) is 5.56 Å². The molecule has 0 atom stereocenters. The second kappa shape index (κ2) is 3.39. The molecule has 0 aromatic heterocycles. The van der Waals surface area contributed by atoms with E-state index in [4.69, 9.17) is 5.11 Å². The van der Waals surface area contributed by atoms with Crippen molar-refractivity contribution >= 4 is 16.7 Å². The SMILES string of the molecule is Cc1ccc2c(C(=O)O)c(C)ccc2c1. The van der Waals surface area contributed by atoms with Crippen LogP contribution in [0.4, 0.5) is 0 Å². The van der Waals surface area contributed by atoms with E-state index in [1.54, 1.807) is 0 Å². The van der Waals surface area contributed by atoms with Gasteiger partial charge in [-0.15, -0.1) is 0 Å². The number of hydrogen-bond acceptors (Lipinski definition) is 1. The number of carbonyl (C=O) groups is 1. The molecule has 2 rings (SSSR count). The molecular formula is C13H12O2. The topological polar surface area (TPSA) is 37.3 Å². The van der Waals surface area contributed by atoms with Crippen molar-refractivity contribution in [3.63, 3.8) is 0 Å². The molecule has 0 saturated heterocycles. The largest absolute Gasteiger partial charge is 0.478 e. The predicted octanol–water partition coefficient (Wildman–Crippen LogP) is 3.15. The number of carboxylic acid groups (broad SMARTS) is 1. The summed E-state index contributed by atoms with van der Waals surface area (Å²) in [5.41, 5.74) is 2.36. The molecule has 0 aliphatic rings. The minimum Gasteiger partial charge on any atom is -0.478 e. The quantitative estimate of drug-likeness (QED) is 0.767. The van der Waals surface area contributed by atoms with Gasteiger partial charge < -0.3 is 5.11 Å². The van der Waals surface area contributed by atoms with Crippen LogP contribution in [-0.4, -0.2) is 11.1 Å². The highest BCUT2D eigenvalue weighted by molar-refractivity contribution is 6.05. The van der Waals surface area contributed by atoms with Crippen molar-refractivity contribution in [1.29, 1.82) is 0 Å².